The van der Waals surface area contributed by atoms with Gasteiger partial charge in [-0.05, 0) is 49.8 Å². The van der Waals surface area contributed by atoms with Gasteiger partial charge in [-0.1, -0.05) is 33.8 Å². The summed E-state index contributed by atoms with van der Waals surface area (Å²) in [6.45, 7) is 14.4. The first kappa shape index (κ1) is 16.3. The van der Waals surface area contributed by atoms with Crippen molar-refractivity contribution in [2.24, 2.45) is 11.8 Å². The zero-order chi connectivity index (χ0) is 15.4. The molecule has 3 nitrogen and oxygen atoms in total. The summed E-state index contributed by atoms with van der Waals surface area (Å²) in [5, 5.41) is 3.50. The third-order valence-corrected chi connectivity index (χ3v) is 4.41. The van der Waals surface area contributed by atoms with Gasteiger partial charge >= 0.3 is 0 Å². The van der Waals surface area contributed by atoms with Gasteiger partial charge in [0.1, 0.15) is 5.82 Å². The lowest BCUT2D eigenvalue weighted by atomic mass is 10.0. The summed E-state index contributed by atoms with van der Waals surface area (Å²) in [4.78, 5) is 7.37. The molecule has 1 N–H and O–H groups in total. The largest absolute Gasteiger partial charge is 0.353 e. The molecule has 1 aromatic rings. The number of hydrogen-bond acceptors (Lipinski definition) is 3. The van der Waals surface area contributed by atoms with Gasteiger partial charge in [-0.3, -0.25) is 0 Å². The van der Waals surface area contributed by atoms with Crippen molar-refractivity contribution >= 4 is 5.82 Å². The zero-order valence-corrected chi connectivity index (χ0v) is 14.3. The van der Waals surface area contributed by atoms with Gasteiger partial charge in [0.2, 0.25) is 0 Å². The van der Waals surface area contributed by atoms with Crippen molar-refractivity contribution in [3.63, 3.8) is 0 Å². The summed E-state index contributed by atoms with van der Waals surface area (Å²) >= 11 is 0. The molecule has 0 saturated carbocycles. The number of pyridine rings is 1. The van der Waals surface area contributed by atoms with E-state index in [1.54, 1.807) is 0 Å². The Morgan fingerprint density at radius 1 is 1.29 bits per heavy atom. The number of aromatic nitrogens is 1. The predicted octanol–water partition coefficient (Wildman–Crippen LogP) is 3.76. The number of anilines is 1. The molecular formula is C18H31N3. The van der Waals surface area contributed by atoms with Gasteiger partial charge in [-0.2, -0.15) is 0 Å². The van der Waals surface area contributed by atoms with Crippen LogP contribution in [-0.2, 0) is 6.54 Å². The predicted molar refractivity (Wildman–Crippen MR) is 90.7 cm³/mol. The second kappa shape index (κ2) is 7.26. The molecule has 0 aromatic carbocycles. The van der Waals surface area contributed by atoms with Crippen LogP contribution in [0.2, 0.25) is 0 Å². The Hall–Kier alpha value is -1.09. The van der Waals surface area contributed by atoms with E-state index in [1.165, 1.54) is 18.4 Å². The molecule has 1 fully saturated rings. The first-order valence-electron chi connectivity index (χ1n) is 8.43. The van der Waals surface area contributed by atoms with Crippen LogP contribution in [0.1, 0.15) is 51.8 Å². The minimum absolute atomic E-state index is 0.654. The van der Waals surface area contributed by atoms with Crippen LogP contribution in [0, 0.1) is 18.8 Å². The summed E-state index contributed by atoms with van der Waals surface area (Å²) < 4.78 is 0. The van der Waals surface area contributed by atoms with E-state index < -0.39 is 0 Å². The molecule has 1 saturated heterocycles. The van der Waals surface area contributed by atoms with Crippen LogP contribution >= 0.6 is 0 Å². The van der Waals surface area contributed by atoms with E-state index in [-0.39, 0.29) is 0 Å². The standard InChI is InChI=1S/C18H31N3/c1-13(2)11-19-12-16-8-9-18(20-15(16)5)21-10-6-7-17(21)14(3)4/h8-9,13-14,17,19H,6-7,10-12H2,1-5H3. The van der Waals surface area contributed by atoms with Gasteiger partial charge in [-0.15, -0.1) is 0 Å². The number of hydrogen-bond donors (Lipinski definition) is 1. The molecule has 118 valence electrons. The molecule has 2 rings (SSSR count). The van der Waals surface area contributed by atoms with Crippen LogP contribution in [0.3, 0.4) is 0 Å². The van der Waals surface area contributed by atoms with Crippen molar-refractivity contribution in [3.8, 4) is 0 Å². The summed E-state index contributed by atoms with van der Waals surface area (Å²) in [6.07, 6.45) is 2.59. The molecule has 2 heterocycles. The second-order valence-electron chi connectivity index (χ2n) is 7.09. The fourth-order valence-electron chi connectivity index (χ4n) is 3.19. The van der Waals surface area contributed by atoms with Gasteiger partial charge in [0.05, 0.1) is 0 Å². The molecule has 1 aliphatic rings. The van der Waals surface area contributed by atoms with Crippen LogP contribution < -0.4 is 10.2 Å². The van der Waals surface area contributed by atoms with E-state index in [0.29, 0.717) is 17.9 Å². The Bertz CT molecular complexity index is 454. The van der Waals surface area contributed by atoms with Gasteiger partial charge in [0.25, 0.3) is 0 Å². The molecule has 1 atom stereocenters. The average Bonchev–Trinajstić information content (AvgIpc) is 2.89. The van der Waals surface area contributed by atoms with Crippen molar-refractivity contribution in [2.75, 3.05) is 18.0 Å². The SMILES string of the molecule is Cc1nc(N2CCCC2C(C)C)ccc1CNCC(C)C. The van der Waals surface area contributed by atoms with Gasteiger partial charge in [0, 0.05) is 24.8 Å². The highest BCUT2D eigenvalue weighted by Gasteiger charge is 2.28. The van der Waals surface area contributed by atoms with Crippen LogP contribution in [0.15, 0.2) is 12.1 Å². The Labute approximate surface area is 130 Å². The van der Waals surface area contributed by atoms with Crippen molar-refractivity contribution in [1.82, 2.24) is 10.3 Å². The first-order chi connectivity index (χ1) is 9.99. The number of rotatable bonds is 6. The van der Waals surface area contributed by atoms with Crippen LogP contribution in [0.4, 0.5) is 5.82 Å². The Morgan fingerprint density at radius 2 is 2.05 bits per heavy atom. The molecule has 0 amide bonds. The molecular weight excluding hydrogens is 258 g/mol. The molecule has 21 heavy (non-hydrogen) atoms. The van der Waals surface area contributed by atoms with Crippen molar-refractivity contribution < 1.29 is 0 Å². The van der Waals surface area contributed by atoms with Crippen molar-refractivity contribution in [2.45, 2.75) is 60.0 Å². The topological polar surface area (TPSA) is 28.2 Å². The third kappa shape index (κ3) is 4.19. The maximum Gasteiger partial charge on any atom is 0.129 e. The van der Waals surface area contributed by atoms with Gasteiger partial charge in [0.15, 0.2) is 0 Å². The molecule has 0 bridgehead atoms. The number of aryl methyl sites for hydroxylation is 1. The van der Waals surface area contributed by atoms with E-state index in [2.05, 4.69) is 57.0 Å². The van der Waals surface area contributed by atoms with Crippen molar-refractivity contribution in [3.05, 3.63) is 23.4 Å². The third-order valence-electron chi connectivity index (χ3n) is 4.41. The van der Waals surface area contributed by atoms with E-state index >= 15 is 0 Å². The summed E-state index contributed by atoms with van der Waals surface area (Å²) in [5.41, 5.74) is 2.48. The lowest BCUT2D eigenvalue weighted by Gasteiger charge is -2.29. The summed E-state index contributed by atoms with van der Waals surface area (Å²) in [7, 11) is 0. The van der Waals surface area contributed by atoms with E-state index in [9.17, 15) is 0 Å². The number of nitrogens with zero attached hydrogens (tertiary/aromatic N) is 2. The van der Waals surface area contributed by atoms with Crippen molar-refractivity contribution in [1.29, 1.82) is 0 Å². The van der Waals surface area contributed by atoms with E-state index in [0.717, 1.165) is 31.1 Å². The molecule has 0 aliphatic carbocycles. The molecule has 1 aliphatic heterocycles. The van der Waals surface area contributed by atoms with Crippen LogP contribution in [0.5, 0.6) is 0 Å². The normalized spacial score (nSPS) is 19.0. The van der Waals surface area contributed by atoms with Crippen LogP contribution in [0.25, 0.3) is 0 Å². The second-order valence-corrected chi connectivity index (χ2v) is 7.09. The Balaban J connectivity index is 2.04. The molecule has 0 spiro atoms. The lowest BCUT2D eigenvalue weighted by Crippen LogP contribution is -2.34. The highest BCUT2D eigenvalue weighted by atomic mass is 15.2. The zero-order valence-electron chi connectivity index (χ0n) is 14.3. The van der Waals surface area contributed by atoms with Gasteiger partial charge < -0.3 is 10.2 Å². The maximum atomic E-state index is 4.87. The molecule has 1 unspecified atom stereocenters. The monoisotopic (exact) mass is 289 g/mol. The van der Waals surface area contributed by atoms with E-state index in [1.807, 2.05) is 0 Å². The minimum Gasteiger partial charge on any atom is -0.353 e. The lowest BCUT2D eigenvalue weighted by molar-refractivity contribution is 0.489. The number of nitrogens with one attached hydrogen (secondary N) is 1. The highest BCUT2D eigenvalue weighted by molar-refractivity contribution is 5.44. The smallest absolute Gasteiger partial charge is 0.129 e. The maximum absolute atomic E-state index is 4.87. The fraction of sp³-hybridized carbons (Fsp3) is 0.722. The molecule has 0 radical (unpaired) electrons. The molecule has 1 aromatic heterocycles. The van der Waals surface area contributed by atoms with Crippen LogP contribution in [-0.4, -0.2) is 24.1 Å². The average molecular weight is 289 g/mol. The van der Waals surface area contributed by atoms with Gasteiger partial charge in [-0.25, -0.2) is 4.98 Å². The minimum atomic E-state index is 0.654. The summed E-state index contributed by atoms with van der Waals surface area (Å²) in [6, 6.07) is 5.11. The quantitative estimate of drug-likeness (QED) is 0.864. The highest BCUT2D eigenvalue weighted by Crippen LogP contribution is 2.28. The Morgan fingerprint density at radius 3 is 2.67 bits per heavy atom. The summed E-state index contributed by atoms with van der Waals surface area (Å²) in [5.74, 6) is 2.55. The fourth-order valence-corrected chi connectivity index (χ4v) is 3.19. The molecule has 3 heteroatoms. The Kier molecular flexibility index (Phi) is 5.63. The van der Waals surface area contributed by atoms with E-state index in [4.69, 9.17) is 4.98 Å². The first-order valence-corrected chi connectivity index (χ1v) is 8.43.